The third kappa shape index (κ3) is 2.38. The lowest BCUT2D eigenvalue weighted by Crippen LogP contribution is -2.11. The first-order valence-electron chi connectivity index (χ1n) is 6.12. The Morgan fingerprint density at radius 1 is 1.44 bits per heavy atom. The van der Waals surface area contributed by atoms with Crippen LogP contribution in [0.1, 0.15) is 50.8 Å². The van der Waals surface area contributed by atoms with Gasteiger partial charge in [-0.15, -0.1) is 0 Å². The molecule has 0 radical (unpaired) electrons. The Morgan fingerprint density at radius 2 is 2.25 bits per heavy atom. The number of aromatic amines is 1. The first-order valence-corrected chi connectivity index (χ1v) is 6.53. The third-order valence-electron chi connectivity index (χ3n) is 3.64. The van der Waals surface area contributed by atoms with Crippen LogP contribution in [0.5, 0.6) is 0 Å². The molecule has 90 valence electrons. The van der Waals surface area contributed by atoms with Crippen LogP contribution in [0.15, 0.2) is 6.20 Å². The molecule has 16 heavy (non-hydrogen) atoms. The van der Waals surface area contributed by atoms with Crippen LogP contribution in [-0.2, 0) is 6.61 Å². The summed E-state index contributed by atoms with van der Waals surface area (Å²) in [5.74, 6) is 0.829. The Balaban J connectivity index is 2.22. The zero-order chi connectivity index (χ0) is 11.5. The topological polar surface area (TPSA) is 41.0 Å². The Hall–Kier alpha value is -0.610. The highest BCUT2D eigenvalue weighted by Crippen LogP contribution is 2.31. The SMILES string of the molecule is CC1CCCC(n2c(CO)c[nH]c2=S)CC1. The summed E-state index contributed by atoms with van der Waals surface area (Å²) in [6.45, 7) is 2.39. The van der Waals surface area contributed by atoms with Gasteiger partial charge in [-0.05, 0) is 37.4 Å². The smallest absolute Gasteiger partial charge is 0.177 e. The molecule has 3 nitrogen and oxygen atoms in total. The summed E-state index contributed by atoms with van der Waals surface area (Å²) in [6.07, 6.45) is 8.05. The van der Waals surface area contributed by atoms with E-state index in [1.807, 2.05) is 6.20 Å². The molecular formula is C12H20N2OS. The average Bonchev–Trinajstić information content (AvgIpc) is 2.51. The molecule has 0 amide bonds. The molecule has 1 aliphatic carbocycles. The molecule has 1 aliphatic rings. The number of nitrogens with one attached hydrogen (secondary N) is 1. The molecule has 0 spiro atoms. The van der Waals surface area contributed by atoms with Crippen molar-refractivity contribution in [1.82, 2.24) is 9.55 Å². The van der Waals surface area contributed by atoms with Gasteiger partial charge in [0.15, 0.2) is 4.77 Å². The number of H-pyrrole nitrogens is 1. The van der Waals surface area contributed by atoms with E-state index in [2.05, 4.69) is 16.5 Å². The van der Waals surface area contributed by atoms with Crippen molar-refractivity contribution in [2.45, 2.75) is 51.7 Å². The van der Waals surface area contributed by atoms with Crippen LogP contribution < -0.4 is 0 Å². The predicted octanol–water partition coefficient (Wildman–Crippen LogP) is 3.18. The molecule has 0 aromatic carbocycles. The minimum Gasteiger partial charge on any atom is -0.390 e. The van der Waals surface area contributed by atoms with Crippen molar-refractivity contribution in [3.8, 4) is 0 Å². The van der Waals surface area contributed by atoms with Gasteiger partial charge in [0, 0.05) is 12.2 Å². The van der Waals surface area contributed by atoms with Crippen molar-refractivity contribution in [1.29, 1.82) is 0 Å². The lowest BCUT2D eigenvalue weighted by molar-refractivity contribution is 0.262. The zero-order valence-corrected chi connectivity index (χ0v) is 10.6. The van der Waals surface area contributed by atoms with Gasteiger partial charge < -0.3 is 14.7 Å². The molecule has 0 bridgehead atoms. The maximum Gasteiger partial charge on any atom is 0.177 e. The van der Waals surface area contributed by atoms with Gasteiger partial charge in [0.2, 0.25) is 0 Å². The van der Waals surface area contributed by atoms with E-state index < -0.39 is 0 Å². The van der Waals surface area contributed by atoms with Gasteiger partial charge in [0.1, 0.15) is 0 Å². The quantitative estimate of drug-likeness (QED) is 0.616. The third-order valence-corrected chi connectivity index (χ3v) is 3.96. The molecule has 1 aromatic heterocycles. The van der Waals surface area contributed by atoms with Crippen molar-refractivity contribution in [3.63, 3.8) is 0 Å². The van der Waals surface area contributed by atoms with Crippen LogP contribution in [0.4, 0.5) is 0 Å². The van der Waals surface area contributed by atoms with Gasteiger partial charge in [-0.2, -0.15) is 0 Å². The molecule has 1 heterocycles. The molecule has 0 aliphatic heterocycles. The molecule has 1 saturated carbocycles. The van der Waals surface area contributed by atoms with Gasteiger partial charge in [-0.3, -0.25) is 0 Å². The number of rotatable bonds is 2. The number of imidazole rings is 1. The monoisotopic (exact) mass is 240 g/mol. The molecule has 1 fully saturated rings. The lowest BCUT2D eigenvalue weighted by atomic mass is 10.0. The van der Waals surface area contributed by atoms with E-state index in [0.29, 0.717) is 6.04 Å². The van der Waals surface area contributed by atoms with Crippen LogP contribution in [-0.4, -0.2) is 14.7 Å². The Bertz CT molecular complexity index is 396. The van der Waals surface area contributed by atoms with E-state index in [-0.39, 0.29) is 6.61 Å². The Labute approximate surface area is 102 Å². The fourth-order valence-electron chi connectivity index (χ4n) is 2.66. The Morgan fingerprint density at radius 3 is 3.00 bits per heavy atom. The molecule has 2 unspecified atom stereocenters. The molecule has 2 N–H and O–H groups in total. The molecule has 1 aromatic rings. The number of hydrogen-bond acceptors (Lipinski definition) is 2. The van der Waals surface area contributed by atoms with Crippen molar-refractivity contribution in [2.24, 2.45) is 5.92 Å². The van der Waals surface area contributed by atoms with E-state index in [9.17, 15) is 5.11 Å². The number of aliphatic hydroxyl groups excluding tert-OH is 1. The minimum absolute atomic E-state index is 0.0686. The highest BCUT2D eigenvalue weighted by molar-refractivity contribution is 7.71. The van der Waals surface area contributed by atoms with Gasteiger partial charge in [-0.25, -0.2) is 0 Å². The van der Waals surface area contributed by atoms with Crippen molar-refractivity contribution in [2.75, 3.05) is 0 Å². The van der Waals surface area contributed by atoms with Crippen molar-refractivity contribution >= 4 is 12.2 Å². The minimum atomic E-state index is 0.0686. The largest absolute Gasteiger partial charge is 0.390 e. The summed E-state index contributed by atoms with van der Waals surface area (Å²) in [7, 11) is 0. The van der Waals surface area contributed by atoms with Gasteiger partial charge >= 0.3 is 0 Å². The normalized spacial score (nSPS) is 26.6. The number of aromatic nitrogens is 2. The summed E-state index contributed by atoms with van der Waals surface area (Å²) in [4.78, 5) is 3.03. The average molecular weight is 240 g/mol. The maximum atomic E-state index is 9.30. The van der Waals surface area contributed by atoms with Crippen LogP contribution in [0.25, 0.3) is 0 Å². The van der Waals surface area contributed by atoms with Crippen molar-refractivity contribution in [3.05, 3.63) is 16.7 Å². The summed E-state index contributed by atoms with van der Waals surface area (Å²) in [5, 5.41) is 9.30. The number of aliphatic hydroxyl groups is 1. The first-order chi connectivity index (χ1) is 7.72. The zero-order valence-electron chi connectivity index (χ0n) is 9.78. The molecule has 2 atom stereocenters. The molecule has 2 rings (SSSR count). The fraction of sp³-hybridized carbons (Fsp3) is 0.750. The second kappa shape index (κ2) is 5.15. The van der Waals surface area contributed by atoms with Crippen LogP contribution in [0, 0.1) is 10.7 Å². The summed E-state index contributed by atoms with van der Waals surface area (Å²) in [6, 6.07) is 0.478. The lowest BCUT2D eigenvalue weighted by Gasteiger charge is -2.18. The van der Waals surface area contributed by atoms with Crippen LogP contribution >= 0.6 is 12.2 Å². The van der Waals surface area contributed by atoms with E-state index in [1.54, 1.807) is 0 Å². The Kier molecular flexibility index (Phi) is 3.82. The standard InChI is InChI=1S/C12H20N2OS/c1-9-3-2-4-10(6-5-9)14-11(8-15)7-13-12(14)16/h7,9-10,15H,2-6,8H2,1H3,(H,13,16). The van der Waals surface area contributed by atoms with Gasteiger partial charge in [0.05, 0.1) is 12.3 Å². The van der Waals surface area contributed by atoms with Crippen LogP contribution in [0.2, 0.25) is 0 Å². The summed E-state index contributed by atoms with van der Waals surface area (Å²) >= 11 is 5.29. The predicted molar refractivity (Wildman–Crippen MR) is 66.8 cm³/mol. The second-order valence-corrected chi connectivity index (χ2v) is 5.27. The molecule has 0 saturated heterocycles. The molecule has 4 heteroatoms. The number of hydrogen-bond donors (Lipinski definition) is 2. The highest BCUT2D eigenvalue weighted by atomic mass is 32.1. The van der Waals surface area contributed by atoms with Crippen LogP contribution in [0.3, 0.4) is 0 Å². The first kappa shape index (κ1) is 11.9. The second-order valence-electron chi connectivity index (χ2n) is 4.88. The van der Waals surface area contributed by atoms with Crippen molar-refractivity contribution < 1.29 is 5.11 Å². The maximum absolute atomic E-state index is 9.30. The number of nitrogens with zero attached hydrogens (tertiary/aromatic N) is 1. The highest BCUT2D eigenvalue weighted by Gasteiger charge is 2.19. The van der Waals surface area contributed by atoms with Gasteiger partial charge in [0.25, 0.3) is 0 Å². The summed E-state index contributed by atoms with van der Waals surface area (Å²) < 4.78 is 2.87. The van der Waals surface area contributed by atoms with E-state index in [4.69, 9.17) is 12.2 Å². The fourth-order valence-corrected chi connectivity index (χ4v) is 2.99. The molecular weight excluding hydrogens is 220 g/mol. The summed E-state index contributed by atoms with van der Waals surface area (Å²) in [5.41, 5.74) is 0.921. The van der Waals surface area contributed by atoms with E-state index >= 15 is 0 Å². The van der Waals surface area contributed by atoms with E-state index in [0.717, 1.165) is 16.4 Å². The van der Waals surface area contributed by atoms with Gasteiger partial charge in [-0.1, -0.05) is 19.8 Å². The van der Waals surface area contributed by atoms with E-state index in [1.165, 1.54) is 32.1 Å².